The minimum Gasteiger partial charge on any atom is -0.454 e. The first-order valence-electron chi connectivity index (χ1n) is 17.6. The van der Waals surface area contributed by atoms with Crippen molar-refractivity contribution in [3.8, 4) is 0 Å². The predicted octanol–water partition coefficient (Wildman–Crippen LogP) is 3.71. The molecule has 4 heterocycles. The maximum atomic E-state index is 14.1. The van der Waals surface area contributed by atoms with Crippen molar-refractivity contribution in [2.24, 2.45) is 23.7 Å². The van der Waals surface area contributed by atoms with E-state index >= 15 is 0 Å². The van der Waals surface area contributed by atoms with Crippen molar-refractivity contribution in [2.75, 3.05) is 49.7 Å². The average Bonchev–Trinajstić information content (AvgIpc) is 3.73. The lowest BCUT2D eigenvalue weighted by Crippen LogP contribution is -2.66. The molecule has 1 aromatic carbocycles. The van der Waals surface area contributed by atoms with Crippen molar-refractivity contribution in [2.45, 2.75) is 82.6 Å². The lowest BCUT2D eigenvalue weighted by atomic mass is 9.55. The molecule has 1 saturated carbocycles. The van der Waals surface area contributed by atoms with Gasteiger partial charge < -0.3 is 24.6 Å². The monoisotopic (exact) mass is 729 g/mol. The zero-order valence-corrected chi connectivity index (χ0v) is 30.8. The van der Waals surface area contributed by atoms with Gasteiger partial charge in [0.1, 0.15) is 17.2 Å². The van der Waals surface area contributed by atoms with Crippen LogP contribution in [0.25, 0.3) is 0 Å². The maximum absolute atomic E-state index is 14.1. The average molecular weight is 730 g/mol. The van der Waals surface area contributed by atoms with E-state index in [4.69, 9.17) is 25.9 Å². The topological polar surface area (TPSA) is 137 Å². The van der Waals surface area contributed by atoms with Crippen LogP contribution in [0.2, 0.25) is 5.02 Å². The second-order valence-electron chi connectivity index (χ2n) is 14.9. The number of carbonyl (C=O) groups excluding carboxylic acids is 2. The molecule has 5 aliphatic rings. The van der Waals surface area contributed by atoms with Gasteiger partial charge in [-0.1, -0.05) is 43.7 Å². The van der Waals surface area contributed by atoms with E-state index in [2.05, 4.69) is 33.1 Å². The van der Waals surface area contributed by atoms with E-state index in [1.165, 1.54) is 12.0 Å². The van der Waals surface area contributed by atoms with Crippen LogP contribution in [0.15, 0.2) is 41.4 Å². The Morgan fingerprint density at radius 1 is 1.20 bits per heavy atom. The standard InChI is InChI=1S/C36H48ClN5O7S/c1-20-17-26-24(21(2)19-41-12-14-42(15-13-41)34-38-11-16-50-34)10-9-22(3)36(26,46)31(30(20)47-23(4)43)48-32(44)28-18-35(45)25-7-6-8-27(37)29(25)40(5)49-33(35)39-28/h6-8,11,16-17,21-22,24,26,28,30-31,33,39,45-46H,9-10,12-15,18-19H2,1-5H3/t21?,22-,24+,26-,28+,30-,31+,33-,35-,36-/m1/s1. The van der Waals surface area contributed by atoms with E-state index in [1.54, 1.807) is 36.6 Å². The van der Waals surface area contributed by atoms with Gasteiger partial charge in [-0.2, -0.15) is 0 Å². The highest BCUT2D eigenvalue weighted by atomic mass is 35.5. The summed E-state index contributed by atoms with van der Waals surface area (Å²) in [5.41, 5.74) is -1.23. The van der Waals surface area contributed by atoms with Gasteiger partial charge in [0.2, 0.25) is 0 Å². The number of para-hydroxylation sites is 1. The second kappa shape index (κ2) is 13.6. The lowest BCUT2D eigenvalue weighted by molar-refractivity contribution is -0.225. The summed E-state index contributed by atoms with van der Waals surface area (Å²) in [6.07, 6.45) is 2.48. The van der Waals surface area contributed by atoms with Crippen molar-refractivity contribution < 1.29 is 34.1 Å². The maximum Gasteiger partial charge on any atom is 0.323 e. The van der Waals surface area contributed by atoms with E-state index in [0.29, 0.717) is 16.3 Å². The van der Waals surface area contributed by atoms with Crippen molar-refractivity contribution in [1.29, 1.82) is 0 Å². The van der Waals surface area contributed by atoms with Gasteiger partial charge in [0.25, 0.3) is 0 Å². The van der Waals surface area contributed by atoms with Crippen LogP contribution in [-0.2, 0) is 29.5 Å². The van der Waals surface area contributed by atoms with E-state index in [0.717, 1.165) is 56.3 Å². The van der Waals surface area contributed by atoms with Gasteiger partial charge in [0, 0.05) is 76.2 Å². The number of fused-ring (bicyclic) bond motifs is 4. The number of halogens is 1. The summed E-state index contributed by atoms with van der Waals surface area (Å²) in [5, 5.41) is 32.9. The summed E-state index contributed by atoms with van der Waals surface area (Å²) >= 11 is 8.13. The van der Waals surface area contributed by atoms with E-state index in [9.17, 15) is 19.8 Å². The van der Waals surface area contributed by atoms with Gasteiger partial charge in [0.15, 0.2) is 23.6 Å². The van der Waals surface area contributed by atoms with Crippen LogP contribution in [0.4, 0.5) is 10.8 Å². The molecule has 3 fully saturated rings. The number of anilines is 2. The summed E-state index contributed by atoms with van der Waals surface area (Å²) in [5.74, 6) is -1.40. The molecule has 2 saturated heterocycles. The Kier molecular flexibility index (Phi) is 9.72. The SMILES string of the molecule is CC(=O)O[C@@H]1C(C)=C[C@@H]2[C@H](C(C)CN3CCN(c4nccs4)CC3)CC[C@@H](C)[C@]2(O)[C@H]1OC(=O)[C@@H]1C[C@@]2(O)c3cccc(Cl)c3N(C)O[C@H]2N1. The molecule has 14 heteroatoms. The Hall–Kier alpha value is -2.78. The molecule has 0 spiro atoms. The highest BCUT2D eigenvalue weighted by Gasteiger charge is 2.62. The van der Waals surface area contributed by atoms with Crippen LogP contribution in [-0.4, -0.2) is 102 Å². The first-order chi connectivity index (χ1) is 23.8. The number of aliphatic hydroxyl groups is 2. The fourth-order valence-electron chi connectivity index (χ4n) is 9.20. The molecular weight excluding hydrogens is 682 g/mol. The molecule has 0 amide bonds. The Labute approximate surface area is 302 Å². The van der Waals surface area contributed by atoms with Crippen LogP contribution >= 0.6 is 22.9 Å². The summed E-state index contributed by atoms with van der Waals surface area (Å²) in [4.78, 5) is 41.8. The molecule has 2 aliphatic carbocycles. The third-order valence-corrected chi connectivity index (χ3v) is 13.0. The first kappa shape index (κ1) is 35.6. The molecule has 50 heavy (non-hydrogen) atoms. The summed E-state index contributed by atoms with van der Waals surface area (Å²) in [6, 6.07) is 4.27. The van der Waals surface area contributed by atoms with Gasteiger partial charge in [-0.05, 0) is 49.2 Å². The zero-order valence-electron chi connectivity index (χ0n) is 29.3. The van der Waals surface area contributed by atoms with Gasteiger partial charge in [-0.3, -0.25) is 29.7 Å². The first-order valence-corrected chi connectivity index (χ1v) is 18.9. The number of nitrogens with zero attached hydrogens (tertiary/aromatic N) is 4. The highest BCUT2D eigenvalue weighted by molar-refractivity contribution is 7.13. The number of hydroxylamine groups is 1. The zero-order chi connectivity index (χ0) is 35.5. The molecule has 3 N–H and O–H groups in total. The number of hydrogen-bond donors (Lipinski definition) is 3. The van der Waals surface area contributed by atoms with E-state index in [-0.39, 0.29) is 30.1 Å². The number of ether oxygens (including phenoxy) is 2. The number of rotatable bonds is 7. The molecule has 1 unspecified atom stereocenters. The molecule has 10 atom stereocenters. The molecule has 0 bridgehead atoms. The normalized spacial score (nSPS) is 36.2. The number of hydrogen-bond acceptors (Lipinski definition) is 13. The Morgan fingerprint density at radius 2 is 1.96 bits per heavy atom. The van der Waals surface area contributed by atoms with Gasteiger partial charge in [0.05, 0.1) is 10.7 Å². The molecule has 3 aliphatic heterocycles. The van der Waals surface area contributed by atoms with Gasteiger partial charge in [-0.25, -0.2) is 4.98 Å². The van der Waals surface area contributed by atoms with Crippen LogP contribution in [0, 0.1) is 23.7 Å². The molecule has 7 rings (SSSR count). The van der Waals surface area contributed by atoms with Crippen LogP contribution in [0.5, 0.6) is 0 Å². The number of esters is 2. The van der Waals surface area contributed by atoms with Gasteiger partial charge in [-0.15, -0.1) is 11.3 Å². The third kappa shape index (κ3) is 6.12. The molecule has 1 aromatic heterocycles. The van der Waals surface area contributed by atoms with E-state index < -0.39 is 47.6 Å². The van der Waals surface area contributed by atoms with Crippen molar-refractivity contribution in [1.82, 2.24) is 15.2 Å². The number of benzene rings is 1. The minimum absolute atomic E-state index is 0.0374. The second-order valence-corrected chi connectivity index (χ2v) is 16.2. The third-order valence-electron chi connectivity index (χ3n) is 11.8. The Balaban J connectivity index is 1.11. The quantitative estimate of drug-likeness (QED) is 0.283. The number of aromatic nitrogens is 1. The van der Waals surface area contributed by atoms with Crippen LogP contribution < -0.4 is 15.3 Å². The van der Waals surface area contributed by atoms with Crippen molar-refractivity contribution in [3.05, 3.63) is 52.0 Å². The molecule has 2 aromatic rings. The predicted molar refractivity (Wildman–Crippen MR) is 190 cm³/mol. The largest absolute Gasteiger partial charge is 0.454 e. The van der Waals surface area contributed by atoms with Crippen LogP contribution in [0.3, 0.4) is 0 Å². The molecule has 0 radical (unpaired) electrons. The summed E-state index contributed by atoms with van der Waals surface area (Å²) in [6.45, 7) is 12.0. The Bertz CT molecular complexity index is 1620. The number of thiazole rings is 1. The molecule has 272 valence electrons. The smallest absolute Gasteiger partial charge is 0.323 e. The van der Waals surface area contributed by atoms with Crippen molar-refractivity contribution >= 4 is 45.7 Å². The fourth-order valence-corrected chi connectivity index (χ4v) is 10.2. The molecule has 12 nitrogen and oxygen atoms in total. The Morgan fingerprint density at radius 3 is 2.66 bits per heavy atom. The van der Waals surface area contributed by atoms with E-state index in [1.807, 2.05) is 25.4 Å². The van der Waals surface area contributed by atoms with Crippen LogP contribution in [0.1, 0.15) is 52.5 Å². The fraction of sp³-hybridized carbons (Fsp3) is 0.639. The number of carbonyl (C=O) groups is 2. The van der Waals surface area contributed by atoms with Gasteiger partial charge >= 0.3 is 11.9 Å². The minimum atomic E-state index is -1.56. The lowest BCUT2D eigenvalue weighted by Gasteiger charge is -2.56. The highest BCUT2D eigenvalue weighted by Crippen LogP contribution is 2.53. The number of nitrogens with one attached hydrogen (secondary N) is 1. The molecular formula is C36H48ClN5O7S. The number of piperazine rings is 1. The summed E-state index contributed by atoms with van der Waals surface area (Å²) in [7, 11) is 1.69. The summed E-state index contributed by atoms with van der Waals surface area (Å²) < 4.78 is 12.1. The van der Waals surface area contributed by atoms with Crippen molar-refractivity contribution in [3.63, 3.8) is 0 Å².